The van der Waals surface area contributed by atoms with Crippen LogP contribution < -0.4 is 5.32 Å². The van der Waals surface area contributed by atoms with E-state index in [4.69, 9.17) is 5.26 Å². The number of nitrogens with zero attached hydrogens (tertiary/aromatic N) is 4. The number of thiazole rings is 1. The van der Waals surface area contributed by atoms with Crippen LogP contribution in [0.4, 0.5) is 5.13 Å². The number of amides is 1. The lowest BCUT2D eigenvalue weighted by atomic mass is 10.1. The summed E-state index contributed by atoms with van der Waals surface area (Å²) in [5.74, 6) is 0.493. The minimum atomic E-state index is -0.0373. The van der Waals surface area contributed by atoms with E-state index in [0.717, 1.165) is 40.4 Å². The highest BCUT2D eigenvalue weighted by Gasteiger charge is 2.14. The van der Waals surface area contributed by atoms with Gasteiger partial charge in [0.2, 0.25) is 5.91 Å². The highest BCUT2D eigenvalue weighted by Crippen LogP contribution is 2.22. The second-order valence-electron chi connectivity index (χ2n) is 7.89. The lowest BCUT2D eigenvalue weighted by Gasteiger charge is -2.08. The van der Waals surface area contributed by atoms with Gasteiger partial charge in [0.25, 0.3) is 0 Å². The van der Waals surface area contributed by atoms with Gasteiger partial charge in [0.15, 0.2) is 5.13 Å². The van der Waals surface area contributed by atoms with Gasteiger partial charge in [0, 0.05) is 36.2 Å². The Morgan fingerprint density at radius 3 is 2.67 bits per heavy atom. The Balaban J connectivity index is 1.54. The topological polar surface area (TPSA) is 83.6 Å². The molecule has 1 aromatic carbocycles. The first-order chi connectivity index (χ1) is 14.4. The van der Waals surface area contributed by atoms with Gasteiger partial charge in [-0.1, -0.05) is 26.0 Å². The highest BCUT2D eigenvalue weighted by molar-refractivity contribution is 7.15. The zero-order chi connectivity index (χ0) is 21.7. The molecule has 0 aliphatic carbocycles. The standard InChI is InChI=1S/C23H27N5OS/c1-15(2)14-28-17(4)21(16(3)27-28)9-10-22(29)26-23-25-13-20(30-23)11-18-5-7-19(12-24)8-6-18/h5-8,13,15H,9-11,14H2,1-4H3,(H,25,26,29). The molecule has 7 heteroatoms. The number of aromatic nitrogens is 3. The van der Waals surface area contributed by atoms with Gasteiger partial charge in [-0.25, -0.2) is 4.98 Å². The number of anilines is 1. The first-order valence-corrected chi connectivity index (χ1v) is 10.9. The summed E-state index contributed by atoms with van der Waals surface area (Å²) >= 11 is 1.48. The van der Waals surface area contributed by atoms with Gasteiger partial charge in [-0.15, -0.1) is 11.3 Å². The van der Waals surface area contributed by atoms with E-state index in [9.17, 15) is 4.79 Å². The predicted molar refractivity (Wildman–Crippen MR) is 120 cm³/mol. The number of carbonyl (C=O) groups is 1. The number of hydrogen-bond acceptors (Lipinski definition) is 5. The summed E-state index contributed by atoms with van der Waals surface area (Å²) in [5.41, 5.74) is 5.07. The monoisotopic (exact) mass is 421 g/mol. The van der Waals surface area contributed by atoms with E-state index in [1.165, 1.54) is 11.3 Å². The van der Waals surface area contributed by atoms with Gasteiger partial charge in [0.05, 0.1) is 17.3 Å². The summed E-state index contributed by atoms with van der Waals surface area (Å²) in [6.07, 6.45) is 3.60. The highest BCUT2D eigenvalue weighted by atomic mass is 32.1. The van der Waals surface area contributed by atoms with Gasteiger partial charge < -0.3 is 5.32 Å². The van der Waals surface area contributed by atoms with Crippen molar-refractivity contribution in [3.8, 4) is 6.07 Å². The van der Waals surface area contributed by atoms with Crippen LogP contribution in [0.1, 0.15) is 53.2 Å². The van der Waals surface area contributed by atoms with Crippen molar-refractivity contribution >= 4 is 22.4 Å². The van der Waals surface area contributed by atoms with E-state index in [2.05, 4.69) is 42.2 Å². The zero-order valence-electron chi connectivity index (χ0n) is 17.9. The van der Waals surface area contributed by atoms with Crippen molar-refractivity contribution in [3.05, 3.63) is 63.4 Å². The summed E-state index contributed by atoms with van der Waals surface area (Å²) in [4.78, 5) is 17.8. The molecule has 0 saturated carbocycles. The molecule has 2 heterocycles. The average molecular weight is 422 g/mol. The molecule has 0 unspecified atom stereocenters. The van der Waals surface area contributed by atoms with Crippen LogP contribution in [0.3, 0.4) is 0 Å². The van der Waals surface area contributed by atoms with Crippen molar-refractivity contribution in [2.75, 3.05) is 5.32 Å². The quantitative estimate of drug-likeness (QED) is 0.574. The van der Waals surface area contributed by atoms with Crippen molar-refractivity contribution in [2.24, 2.45) is 5.92 Å². The van der Waals surface area contributed by atoms with Crippen molar-refractivity contribution < 1.29 is 4.79 Å². The van der Waals surface area contributed by atoms with Gasteiger partial charge in [-0.2, -0.15) is 10.4 Å². The van der Waals surface area contributed by atoms with Crippen molar-refractivity contribution in [1.29, 1.82) is 5.26 Å². The minimum Gasteiger partial charge on any atom is -0.302 e. The lowest BCUT2D eigenvalue weighted by Crippen LogP contribution is -2.12. The third kappa shape index (κ3) is 5.55. The summed E-state index contributed by atoms with van der Waals surface area (Å²) in [6, 6.07) is 9.64. The maximum atomic E-state index is 12.4. The molecule has 0 bridgehead atoms. The fourth-order valence-corrected chi connectivity index (χ4v) is 4.25. The molecule has 1 N–H and O–H groups in total. The van der Waals surface area contributed by atoms with E-state index in [1.54, 1.807) is 6.20 Å². The molecule has 3 rings (SSSR count). The van der Waals surface area contributed by atoms with Gasteiger partial charge in [0.1, 0.15) is 0 Å². The Bertz CT molecular complexity index is 1060. The second-order valence-corrected chi connectivity index (χ2v) is 9.01. The SMILES string of the molecule is Cc1nn(CC(C)C)c(C)c1CCC(=O)Nc1ncc(Cc2ccc(C#N)cc2)s1. The Morgan fingerprint density at radius 2 is 2.00 bits per heavy atom. The molecule has 0 spiro atoms. The summed E-state index contributed by atoms with van der Waals surface area (Å²) in [7, 11) is 0. The first kappa shape index (κ1) is 21.7. The molecule has 156 valence electrons. The molecule has 0 aliphatic rings. The summed E-state index contributed by atoms with van der Waals surface area (Å²) < 4.78 is 2.05. The number of hydrogen-bond donors (Lipinski definition) is 1. The maximum Gasteiger partial charge on any atom is 0.226 e. The number of aryl methyl sites for hydroxylation is 1. The second kappa shape index (κ2) is 9.68. The number of nitrogens with one attached hydrogen (secondary N) is 1. The van der Waals surface area contributed by atoms with Gasteiger partial charge in [-0.05, 0) is 49.4 Å². The average Bonchev–Trinajstić information content (AvgIpc) is 3.24. The zero-order valence-corrected chi connectivity index (χ0v) is 18.7. The van der Waals surface area contributed by atoms with Crippen LogP contribution in [0.5, 0.6) is 0 Å². The minimum absolute atomic E-state index is 0.0373. The molecule has 1 amide bonds. The van der Waals surface area contributed by atoms with Crippen LogP contribution in [-0.4, -0.2) is 20.7 Å². The maximum absolute atomic E-state index is 12.4. The largest absolute Gasteiger partial charge is 0.302 e. The van der Waals surface area contributed by atoms with Crippen molar-refractivity contribution in [2.45, 2.75) is 53.5 Å². The van der Waals surface area contributed by atoms with E-state index < -0.39 is 0 Å². The Morgan fingerprint density at radius 1 is 1.27 bits per heavy atom. The Labute approximate surface area is 181 Å². The van der Waals surface area contributed by atoms with Crippen LogP contribution in [0, 0.1) is 31.1 Å². The third-order valence-corrected chi connectivity index (χ3v) is 5.85. The predicted octanol–water partition coefficient (Wildman–Crippen LogP) is 4.65. The molecule has 0 fully saturated rings. The third-order valence-electron chi connectivity index (χ3n) is 4.93. The number of benzene rings is 1. The van der Waals surface area contributed by atoms with E-state index in [-0.39, 0.29) is 5.91 Å². The van der Waals surface area contributed by atoms with Crippen molar-refractivity contribution in [1.82, 2.24) is 14.8 Å². The van der Waals surface area contributed by atoms with Crippen LogP contribution in [-0.2, 0) is 24.2 Å². The number of nitriles is 1. The molecular weight excluding hydrogens is 394 g/mol. The first-order valence-electron chi connectivity index (χ1n) is 10.1. The summed E-state index contributed by atoms with van der Waals surface area (Å²) in [5, 5.41) is 17.0. The molecular formula is C23H27N5OS. The fourth-order valence-electron chi connectivity index (χ4n) is 3.39. The van der Waals surface area contributed by atoms with Crippen LogP contribution >= 0.6 is 11.3 Å². The smallest absolute Gasteiger partial charge is 0.226 e. The molecule has 6 nitrogen and oxygen atoms in total. The normalized spacial score (nSPS) is 10.9. The molecule has 0 atom stereocenters. The van der Waals surface area contributed by atoms with Crippen molar-refractivity contribution in [3.63, 3.8) is 0 Å². The number of rotatable bonds is 8. The lowest BCUT2D eigenvalue weighted by molar-refractivity contribution is -0.116. The van der Waals surface area contributed by atoms with Gasteiger partial charge in [-0.3, -0.25) is 9.48 Å². The van der Waals surface area contributed by atoms with Crippen LogP contribution in [0.2, 0.25) is 0 Å². The number of carbonyl (C=O) groups excluding carboxylic acids is 1. The van der Waals surface area contributed by atoms with E-state index in [0.29, 0.717) is 29.5 Å². The van der Waals surface area contributed by atoms with Gasteiger partial charge >= 0.3 is 0 Å². The molecule has 0 aliphatic heterocycles. The summed E-state index contributed by atoms with van der Waals surface area (Å²) in [6.45, 7) is 9.32. The molecule has 30 heavy (non-hydrogen) atoms. The molecule has 0 radical (unpaired) electrons. The van der Waals surface area contributed by atoms with E-state index in [1.807, 2.05) is 35.9 Å². The molecule has 0 saturated heterocycles. The fraction of sp³-hybridized carbons (Fsp3) is 0.391. The Kier molecular flexibility index (Phi) is 7.01. The van der Waals surface area contributed by atoms with Crippen LogP contribution in [0.25, 0.3) is 0 Å². The Hall–Kier alpha value is -2.98. The van der Waals surface area contributed by atoms with E-state index >= 15 is 0 Å². The molecule has 3 aromatic rings. The molecule has 2 aromatic heterocycles. The van der Waals surface area contributed by atoms with Crippen LogP contribution in [0.15, 0.2) is 30.5 Å².